The molecule has 26 heavy (non-hydrogen) atoms. The number of carbonyl (C=O) groups excluding carboxylic acids is 2. The van der Waals surface area contributed by atoms with Crippen LogP contribution in [-0.2, 0) is 0 Å². The molecule has 0 aromatic heterocycles. The zero-order valence-corrected chi connectivity index (χ0v) is 16.5. The van der Waals surface area contributed by atoms with Gasteiger partial charge in [0, 0.05) is 0 Å². The van der Waals surface area contributed by atoms with Gasteiger partial charge in [-0.25, -0.2) is 4.90 Å². The zero-order chi connectivity index (χ0) is 19.2. The fourth-order valence-corrected chi connectivity index (χ4v) is 3.57. The largest absolute Gasteiger partial charge is 0.268 e. The Bertz CT molecular complexity index is 814. The van der Waals surface area contributed by atoms with E-state index in [0.717, 1.165) is 16.8 Å². The lowest BCUT2D eigenvalue weighted by Crippen LogP contribution is -2.32. The minimum Gasteiger partial charge on any atom is -0.268 e. The summed E-state index contributed by atoms with van der Waals surface area (Å²) in [7, 11) is 0. The van der Waals surface area contributed by atoms with Crippen LogP contribution in [0.5, 0.6) is 0 Å². The number of rotatable bonds is 4. The van der Waals surface area contributed by atoms with Crippen molar-refractivity contribution in [1.29, 1.82) is 0 Å². The standard InChI is InChI=1S/C23H27NO2/c1-13(2)16-11-19(14(3)4)21(20(12-16)15(5)6)24-22(25)17-9-7-8-10-18(17)23(24)26/h7-15H,1-6H3. The molecule has 3 rings (SSSR count). The smallest absolute Gasteiger partial charge is 0.266 e. The number of benzene rings is 2. The summed E-state index contributed by atoms with van der Waals surface area (Å²) >= 11 is 0. The minimum atomic E-state index is -0.216. The van der Waals surface area contributed by atoms with Crippen LogP contribution in [-0.4, -0.2) is 11.8 Å². The van der Waals surface area contributed by atoms with Crippen molar-refractivity contribution in [2.45, 2.75) is 59.3 Å². The maximum absolute atomic E-state index is 13.1. The van der Waals surface area contributed by atoms with Crippen LogP contribution in [0.15, 0.2) is 36.4 Å². The van der Waals surface area contributed by atoms with E-state index in [0.29, 0.717) is 17.0 Å². The van der Waals surface area contributed by atoms with Gasteiger partial charge in [0.25, 0.3) is 11.8 Å². The summed E-state index contributed by atoms with van der Waals surface area (Å²) in [6, 6.07) is 11.4. The van der Waals surface area contributed by atoms with Crippen molar-refractivity contribution in [3.8, 4) is 0 Å². The van der Waals surface area contributed by atoms with Crippen molar-refractivity contribution in [3.63, 3.8) is 0 Å². The van der Waals surface area contributed by atoms with E-state index in [4.69, 9.17) is 0 Å². The average Bonchev–Trinajstić information content (AvgIpc) is 2.85. The lowest BCUT2D eigenvalue weighted by atomic mass is 9.87. The van der Waals surface area contributed by atoms with Crippen molar-refractivity contribution >= 4 is 17.5 Å². The molecule has 0 atom stereocenters. The molecule has 0 aliphatic carbocycles. The number of amides is 2. The molecule has 1 aliphatic rings. The summed E-state index contributed by atoms with van der Waals surface area (Å²) in [5, 5.41) is 0. The van der Waals surface area contributed by atoms with E-state index in [9.17, 15) is 9.59 Å². The zero-order valence-electron chi connectivity index (χ0n) is 16.5. The molecular weight excluding hydrogens is 322 g/mol. The molecule has 1 aliphatic heterocycles. The van der Waals surface area contributed by atoms with Crippen LogP contribution < -0.4 is 4.90 Å². The minimum absolute atomic E-state index is 0.213. The average molecular weight is 349 g/mol. The number of nitrogens with zero attached hydrogens (tertiary/aromatic N) is 1. The van der Waals surface area contributed by atoms with Gasteiger partial charge in [-0.1, -0.05) is 65.8 Å². The molecule has 0 fully saturated rings. The third-order valence-corrected chi connectivity index (χ3v) is 5.12. The topological polar surface area (TPSA) is 37.4 Å². The Labute approximate surface area is 156 Å². The molecule has 0 spiro atoms. The molecule has 2 aromatic carbocycles. The van der Waals surface area contributed by atoms with Gasteiger partial charge in [-0.05, 0) is 46.6 Å². The van der Waals surface area contributed by atoms with Crippen molar-refractivity contribution in [2.24, 2.45) is 0 Å². The van der Waals surface area contributed by atoms with Gasteiger partial charge in [0.05, 0.1) is 16.8 Å². The molecule has 0 N–H and O–H groups in total. The van der Waals surface area contributed by atoms with Crippen LogP contribution in [0.4, 0.5) is 5.69 Å². The van der Waals surface area contributed by atoms with Crippen molar-refractivity contribution in [3.05, 3.63) is 64.2 Å². The Morgan fingerprint density at radius 1 is 0.692 bits per heavy atom. The molecule has 136 valence electrons. The third kappa shape index (κ3) is 2.86. The molecule has 3 nitrogen and oxygen atoms in total. The quantitative estimate of drug-likeness (QED) is 0.649. The highest BCUT2D eigenvalue weighted by atomic mass is 16.2. The van der Waals surface area contributed by atoms with E-state index < -0.39 is 0 Å². The van der Waals surface area contributed by atoms with Crippen LogP contribution in [0.1, 0.15) is 96.7 Å². The van der Waals surface area contributed by atoms with Crippen LogP contribution >= 0.6 is 0 Å². The van der Waals surface area contributed by atoms with E-state index in [-0.39, 0.29) is 23.7 Å². The van der Waals surface area contributed by atoms with E-state index in [2.05, 4.69) is 53.7 Å². The lowest BCUT2D eigenvalue weighted by molar-refractivity contribution is 0.0925. The molecule has 2 amide bonds. The second kappa shape index (κ2) is 6.71. The van der Waals surface area contributed by atoms with Crippen molar-refractivity contribution in [1.82, 2.24) is 0 Å². The molecule has 3 heteroatoms. The van der Waals surface area contributed by atoms with Crippen LogP contribution in [0.2, 0.25) is 0 Å². The normalized spacial score (nSPS) is 14.1. The fraction of sp³-hybridized carbons (Fsp3) is 0.391. The number of anilines is 1. The van der Waals surface area contributed by atoms with Gasteiger partial charge in [-0.2, -0.15) is 0 Å². The molecule has 2 aromatic rings. The predicted molar refractivity (Wildman–Crippen MR) is 106 cm³/mol. The highest BCUT2D eigenvalue weighted by Crippen LogP contribution is 2.41. The predicted octanol–water partition coefficient (Wildman–Crippen LogP) is 5.86. The van der Waals surface area contributed by atoms with Crippen LogP contribution in [0.25, 0.3) is 0 Å². The van der Waals surface area contributed by atoms with Gasteiger partial charge >= 0.3 is 0 Å². The maximum atomic E-state index is 13.1. The van der Waals surface area contributed by atoms with E-state index in [1.54, 1.807) is 12.1 Å². The highest BCUT2D eigenvalue weighted by Gasteiger charge is 2.39. The highest BCUT2D eigenvalue weighted by molar-refractivity contribution is 6.34. The second-order valence-corrected chi connectivity index (χ2v) is 8.00. The van der Waals surface area contributed by atoms with Crippen LogP contribution in [0, 0.1) is 0 Å². The first kappa shape index (κ1) is 18.4. The summed E-state index contributed by atoms with van der Waals surface area (Å²) < 4.78 is 0. The Balaban J connectivity index is 2.28. The molecule has 1 heterocycles. The first-order chi connectivity index (χ1) is 12.2. The van der Waals surface area contributed by atoms with Crippen molar-refractivity contribution in [2.75, 3.05) is 4.90 Å². The SMILES string of the molecule is CC(C)c1cc(C(C)C)c(N2C(=O)c3ccccc3C2=O)c(C(C)C)c1. The van der Waals surface area contributed by atoms with E-state index >= 15 is 0 Å². The molecular formula is C23H27NO2. The number of hydrogen-bond donors (Lipinski definition) is 0. The summed E-state index contributed by atoms with van der Waals surface area (Å²) in [6.45, 7) is 12.8. The van der Waals surface area contributed by atoms with Gasteiger partial charge in [-0.15, -0.1) is 0 Å². The Hall–Kier alpha value is -2.42. The Kier molecular flexibility index (Phi) is 4.74. The van der Waals surface area contributed by atoms with Gasteiger partial charge in [0.2, 0.25) is 0 Å². The van der Waals surface area contributed by atoms with Crippen molar-refractivity contribution < 1.29 is 9.59 Å². The van der Waals surface area contributed by atoms with Crippen LogP contribution in [0.3, 0.4) is 0 Å². The molecule has 0 saturated carbocycles. The number of hydrogen-bond acceptors (Lipinski definition) is 2. The summed E-state index contributed by atoms with van der Waals surface area (Å²) in [4.78, 5) is 27.6. The second-order valence-electron chi connectivity index (χ2n) is 8.00. The number of fused-ring (bicyclic) bond motifs is 1. The number of imide groups is 1. The Morgan fingerprint density at radius 2 is 1.12 bits per heavy atom. The lowest BCUT2D eigenvalue weighted by Gasteiger charge is -2.27. The first-order valence-electron chi connectivity index (χ1n) is 9.39. The fourth-order valence-electron chi connectivity index (χ4n) is 3.57. The molecule has 0 bridgehead atoms. The molecule has 0 saturated heterocycles. The van der Waals surface area contributed by atoms with Gasteiger partial charge in [0.15, 0.2) is 0 Å². The van der Waals surface area contributed by atoms with Gasteiger partial charge in [-0.3, -0.25) is 9.59 Å². The monoisotopic (exact) mass is 349 g/mol. The molecule has 0 radical (unpaired) electrons. The third-order valence-electron chi connectivity index (χ3n) is 5.12. The Morgan fingerprint density at radius 3 is 1.46 bits per heavy atom. The maximum Gasteiger partial charge on any atom is 0.266 e. The van der Waals surface area contributed by atoms with E-state index in [1.165, 1.54) is 10.5 Å². The summed E-state index contributed by atoms with van der Waals surface area (Å²) in [5.41, 5.74) is 5.15. The number of carbonyl (C=O) groups is 2. The van der Waals surface area contributed by atoms with E-state index in [1.807, 2.05) is 12.1 Å². The first-order valence-corrected chi connectivity index (χ1v) is 9.39. The van der Waals surface area contributed by atoms with Gasteiger partial charge in [0.1, 0.15) is 0 Å². The summed E-state index contributed by atoms with van der Waals surface area (Å²) in [6.07, 6.45) is 0. The molecule has 0 unspecified atom stereocenters. The summed E-state index contributed by atoms with van der Waals surface area (Å²) in [5.74, 6) is 0.385. The van der Waals surface area contributed by atoms with Gasteiger partial charge < -0.3 is 0 Å².